The third-order valence-electron chi connectivity index (χ3n) is 4.74. The number of nitrogens with one attached hydrogen (secondary N) is 1. The van der Waals surface area contributed by atoms with E-state index in [9.17, 15) is 9.59 Å². The second-order valence-electron chi connectivity index (χ2n) is 6.97. The second kappa shape index (κ2) is 8.20. The van der Waals surface area contributed by atoms with Crippen LogP contribution < -0.4 is 5.32 Å². The van der Waals surface area contributed by atoms with Crippen LogP contribution in [0.5, 0.6) is 0 Å². The maximum Gasteiger partial charge on any atom is 0.306 e. The highest BCUT2D eigenvalue weighted by molar-refractivity contribution is 5.94. The first-order chi connectivity index (χ1) is 12.9. The quantitative estimate of drug-likeness (QED) is 0.625. The minimum Gasteiger partial charge on any atom is -0.456 e. The van der Waals surface area contributed by atoms with E-state index in [1.54, 1.807) is 4.68 Å². The first-order valence-electron chi connectivity index (χ1n) is 9.19. The molecule has 1 amide bonds. The smallest absolute Gasteiger partial charge is 0.306 e. The number of nitrogens with zero attached hydrogens (tertiary/aromatic N) is 2. The fourth-order valence-corrected chi connectivity index (χ4v) is 3.22. The number of benzene rings is 1. The van der Waals surface area contributed by atoms with Crippen molar-refractivity contribution < 1.29 is 14.3 Å². The van der Waals surface area contributed by atoms with Crippen LogP contribution in [0.4, 0.5) is 5.69 Å². The number of carbonyl (C=O) groups excluding carboxylic acids is 2. The summed E-state index contributed by atoms with van der Waals surface area (Å²) in [6.45, 7) is 5.48. The molecule has 0 bridgehead atoms. The minimum absolute atomic E-state index is 0.234. The van der Waals surface area contributed by atoms with Crippen LogP contribution in [0, 0.1) is 26.7 Å². The summed E-state index contributed by atoms with van der Waals surface area (Å²) in [4.78, 5) is 24.1. The number of carbonyl (C=O) groups is 2. The normalized spacial score (nSPS) is 15.7. The van der Waals surface area contributed by atoms with Gasteiger partial charge >= 0.3 is 5.97 Å². The Balaban J connectivity index is 1.59. The summed E-state index contributed by atoms with van der Waals surface area (Å²) in [6.07, 6.45) is 6.41. The van der Waals surface area contributed by atoms with Gasteiger partial charge in [-0.25, -0.2) is 4.68 Å². The van der Waals surface area contributed by atoms with Crippen molar-refractivity contribution in [1.82, 2.24) is 9.78 Å². The van der Waals surface area contributed by atoms with Crippen molar-refractivity contribution in [3.63, 3.8) is 0 Å². The Morgan fingerprint density at radius 1 is 1.22 bits per heavy atom. The summed E-state index contributed by atoms with van der Waals surface area (Å²) in [5, 5.41) is 7.33. The predicted octanol–water partition coefficient (Wildman–Crippen LogP) is 3.64. The number of anilines is 1. The number of rotatable bonds is 6. The number of hydrogen-bond acceptors (Lipinski definition) is 4. The third kappa shape index (κ3) is 4.64. The molecule has 0 unspecified atom stereocenters. The molecule has 27 heavy (non-hydrogen) atoms. The average Bonchev–Trinajstić information content (AvgIpc) is 3.24. The number of hydrogen-bond donors (Lipinski definition) is 1. The number of esters is 1. The van der Waals surface area contributed by atoms with Gasteiger partial charge in [-0.15, -0.1) is 0 Å². The van der Waals surface area contributed by atoms with Gasteiger partial charge in [0.1, 0.15) is 0 Å². The molecule has 3 rings (SSSR count). The summed E-state index contributed by atoms with van der Waals surface area (Å²) in [7, 11) is 0. The Morgan fingerprint density at radius 2 is 1.96 bits per heavy atom. The van der Waals surface area contributed by atoms with Crippen molar-refractivity contribution in [2.45, 2.75) is 40.0 Å². The van der Waals surface area contributed by atoms with Crippen molar-refractivity contribution in [2.75, 3.05) is 11.9 Å². The Labute approximate surface area is 159 Å². The van der Waals surface area contributed by atoms with E-state index in [-0.39, 0.29) is 24.4 Å². The largest absolute Gasteiger partial charge is 0.456 e. The number of amides is 1. The molecule has 142 valence electrons. The summed E-state index contributed by atoms with van der Waals surface area (Å²) in [5.41, 5.74) is 4.28. The van der Waals surface area contributed by atoms with Crippen molar-refractivity contribution in [2.24, 2.45) is 5.92 Å². The van der Waals surface area contributed by atoms with E-state index in [0.717, 1.165) is 24.2 Å². The van der Waals surface area contributed by atoms with E-state index in [1.165, 1.54) is 5.56 Å². The van der Waals surface area contributed by atoms with Gasteiger partial charge in [-0.1, -0.05) is 29.8 Å². The van der Waals surface area contributed by atoms with E-state index in [4.69, 9.17) is 4.74 Å². The van der Waals surface area contributed by atoms with Gasteiger partial charge in [-0.05, 0) is 51.7 Å². The summed E-state index contributed by atoms with van der Waals surface area (Å²) >= 11 is 0. The number of allylic oxidation sites excluding steroid dienone is 2. The van der Waals surface area contributed by atoms with Crippen LogP contribution in [-0.4, -0.2) is 28.3 Å². The molecule has 1 aromatic carbocycles. The van der Waals surface area contributed by atoms with Gasteiger partial charge in [0.2, 0.25) is 0 Å². The highest BCUT2D eigenvalue weighted by atomic mass is 16.5. The van der Waals surface area contributed by atoms with Crippen LogP contribution in [-0.2, 0) is 14.3 Å². The average molecular weight is 367 g/mol. The molecule has 0 radical (unpaired) electrons. The van der Waals surface area contributed by atoms with E-state index >= 15 is 0 Å². The van der Waals surface area contributed by atoms with E-state index in [0.29, 0.717) is 17.8 Å². The van der Waals surface area contributed by atoms with Crippen LogP contribution >= 0.6 is 0 Å². The van der Waals surface area contributed by atoms with Crippen molar-refractivity contribution in [3.05, 3.63) is 53.4 Å². The van der Waals surface area contributed by atoms with Crippen molar-refractivity contribution in [3.8, 4) is 5.69 Å². The molecular formula is C21H25N3O3. The molecule has 1 heterocycles. The van der Waals surface area contributed by atoms with Crippen molar-refractivity contribution in [1.29, 1.82) is 0 Å². The van der Waals surface area contributed by atoms with E-state index in [1.807, 2.05) is 51.1 Å². The summed E-state index contributed by atoms with van der Waals surface area (Å²) in [6, 6.07) is 8.01. The highest BCUT2D eigenvalue weighted by Crippen LogP contribution is 2.23. The molecule has 0 spiro atoms. The Morgan fingerprint density at radius 3 is 2.63 bits per heavy atom. The van der Waals surface area contributed by atoms with Gasteiger partial charge < -0.3 is 10.1 Å². The lowest BCUT2D eigenvalue weighted by Crippen LogP contribution is -2.22. The molecule has 6 nitrogen and oxygen atoms in total. The molecule has 1 aromatic heterocycles. The topological polar surface area (TPSA) is 73.2 Å². The van der Waals surface area contributed by atoms with E-state index < -0.39 is 0 Å². The van der Waals surface area contributed by atoms with Crippen LogP contribution in [0.2, 0.25) is 0 Å². The highest BCUT2D eigenvalue weighted by Gasteiger charge is 2.18. The number of aromatic nitrogens is 2. The number of aryl methyl sites for hydroxylation is 2. The Hall–Kier alpha value is -2.89. The van der Waals surface area contributed by atoms with Crippen LogP contribution in [0.15, 0.2) is 36.4 Å². The lowest BCUT2D eigenvalue weighted by Gasteiger charge is -2.09. The van der Waals surface area contributed by atoms with Crippen molar-refractivity contribution >= 4 is 17.6 Å². The molecule has 0 saturated heterocycles. The molecule has 0 aliphatic heterocycles. The fraction of sp³-hybridized carbons (Fsp3) is 0.381. The van der Waals surface area contributed by atoms with Crippen LogP contribution in [0.1, 0.15) is 36.2 Å². The number of ether oxygens (including phenoxy) is 1. The zero-order valence-corrected chi connectivity index (χ0v) is 16.0. The van der Waals surface area contributed by atoms with Crippen LogP contribution in [0.25, 0.3) is 5.69 Å². The maximum atomic E-state index is 12.2. The zero-order chi connectivity index (χ0) is 19.4. The molecule has 1 aliphatic carbocycles. The first-order valence-corrected chi connectivity index (χ1v) is 9.19. The van der Waals surface area contributed by atoms with Gasteiger partial charge in [-0.2, -0.15) is 5.10 Å². The van der Waals surface area contributed by atoms with Gasteiger partial charge in [0.25, 0.3) is 5.91 Å². The molecule has 2 aromatic rings. The SMILES string of the molecule is Cc1ccc(-n2nc(C)c(NC(=O)COC(=O)C[C@H]3C=CCC3)c2C)cc1. The third-order valence-corrected chi connectivity index (χ3v) is 4.74. The minimum atomic E-state index is -0.361. The maximum absolute atomic E-state index is 12.2. The molecule has 0 fully saturated rings. The Kier molecular flexibility index (Phi) is 5.74. The van der Waals surface area contributed by atoms with Gasteiger partial charge in [0.05, 0.1) is 29.2 Å². The second-order valence-corrected chi connectivity index (χ2v) is 6.97. The summed E-state index contributed by atoms with van der Waals surface area (Å²) in [5.74, 6) is -0.469. The molecule has 1 aliphatic rings. The van der Waals surface area contributed by atoms with Crippen LogP contribution in [0.3, 0.4) is 0 Å². The summed E-state index contributed by atoms with van der Waals surface area (Å²) < 4.78 is 6.90. The fourth-order valence-electron chi connectivity index (χ4n) is 3.22. The van der Waals surface area contributed by atoms with Gasteiger partial charge in [0.15, 0.2) is 6.61 Å². The monoisotopic (exact) mass is 367 g/mol. The zero-order valence-electron chi connectivity index (χ0n) is 16.0. The molecule has 6 heteroatoms. The predicted molar refractivity (Wildman–Crippen MR) is 104 cm³/mol. The lowest BCUT2D eigenvalue weighted by molar-refractivity contribution is -0.147. The first kappa shape index (κ1) is 18.9. The molecule has 0 saturated carbocycles. The molecule has 1 N–H and O–H groups in total. The van der Waals surface area contributed by atoms with Gasteiger partial charge in [0, 0.05) is 0 Å². The molecule has 1 atom stereocenters. The van der Waals surface area contributed by atoms with Gasteiger partial charge in [-0.3, -0.25) is 9.59 Å². The Bertz CT molecular complexity index is 866. The standard InChI is InChI=1S/C21H25N3O3/c1-14-8-10-18(11-9-14)24-16(3)21(15(2)23-24)22-19(25)13-27-20(26)12-17-6-4-5-7-17/h4,6,8-11,17H,5,7,12-13H2,1-3H3,(H,22,25)/t17-/m0/s1. The molecular weight excluding hydrogens is 342 g/mol. The lowest BCUT2D eigenvalue weighted by atomic mass is 10.1. The van der Waals surface area contributed by atoms with E-state index in [2.05, 4.69) is 16.5 Å².